The van der Waals surface area contributed by atoms with Crippen LogP contribution in [-0.4, -0.2) is 5.91 Å². The number of halogens is 1. The van der Waals surface area contributed by atoms with Crippen molar-refractivity contribution in [1.29, 1.82) is 0 Å². The van der Waals surface area contributed by atoms with Gasteiger partial charge in [-0.15, -0.1) is 0 Å². The summed E-state index contributed by atoms with van der Waals surface area (Å²) in [7, 11) is 0. The van der Waals surface area contributed by atoms with Crippen molar-refractivity contribution in [1.82, 2.24) is 0 Å². The maximum atomic E-state index is 11.3. The molecule has 2 nitrogen and oxygen atoms in total. The summed E-state index contributed by atoms with van der Waals surface area (Å²) in [6.45, 7) is 0. The van der Waals surface area contributed by atoms with Crippen molar-refractivity contribution in [3.63, 3.8) is 0 Å². The van der Waals surface area contributed by atoms with Crippen molar-refractivity contribution >= 4 is 17.5 Å². The normalized spacial score (nSPS) is 10.2. The molecule has 0 radical (unpaired) electrons. The van der Waals surface area contributed by atoms with Gasteiger partial charge >= 0.3 is 0 Å². The van der Waals surface area contributed by atoms with Crippen LogP contribution in [-0.2, 0) is 6.42 Å². The average molecular weight is 246 g/mol. The zero-order chi connectivity index (χ0) is 12.3. The summed E-state index contributed by atoms with van der Waals surface area (Å²) < 4.78 is 0. The molecular formula is C14H12ClNO. The Morgan fingerprint density at radius 1 is 1.12 bits per heavy atom. The number of nitrogens with two attached hydrogens (primary N) is 1. The predicted octanol–water partition coefficient (Wildman–Crippen LogP) is 3.03. The van der Waals surface area contributed by atoms with Crippen LogP contribution in [0.15, 0.2) is 48.5 Å². The first kappa shape index (κ1) is 11.7. The molecule has 0 saturated heterocycles. The highest BCUT2D eigenvalue weighted by atomic mass is 35.5. The Labute approximate surface area is 105 Å². The molecule has 2 N–H and O–H groups in total. The first-order valence-corrected chi connectivity index (χ1v) is 5.67. The Morgan fingerprint density at radius 2 is 1.82 bits per heavy atom. The van der Waals surface area contributed by atoms with Crippen LogP contribution in [0.2, 0.25) is 5.02 Å². The number of rotatable bonds is 3. The van der Waals surface area contributed by atoms with E-state index in [0.29, 0.717) is 17.0 Å². The van der Waals surface area contributed by atoms with Gasteiger partial charge in [-0.25, -0.2) is 0 Å². The summed E-state index contributed by atoms with van der Waals surface area (Å²) in [4.78, 5) is 11.3. The molecule has 0 heterocycles. The lowest BCUT2D eigenvalue weighted by Crippen LogP contribution is -2.13. The summed E-state index contributed by atoms with van der Waals surface area (Å²) in [5.74, 6) is -0.424. The van der Waals surface area contributed by atoms with E-state index < -0.39 is 5.91 Å². The summed E-state index contributed by atoms with van der Waals surface area (Å²) >= 11 is 5.94. The van der Waals surface area contributed by atoms with E-state index in [0.717, 1.165) is 11.1 Å². The quantitative estimate of drug-likeness (QED) is 0.888. The number of amides is 1. The van der Waals surface area contributed by atoms with Gasteiger partial charge in [-0.05, 0) is 35.7 Å². The fourth-order valence-corrected chi connectivity index (χ4v) is 1.96. The van der Waals surface area contributed by atoms with Crippen LogP contribution in [0.4, 0.5) is 0 Å². The first-order valence-electron chi connectivity index (χ1n) is 5.29. The van der Waals surface area contributed by atoms with E-state index in [1.54, 1.807) is 18.2 Å². The topological polar surface area (TPSA) is 43.1 Å². The molecule has 3 heteroatoms. The summed E-state index contributed by atoms with van der Waals surface area (Å²) in [5.41, 5.74) is 7.84. The van der Waals surface area contributed by atoms with E-state index in [9.17, 15) is 4.79 Å². The molecular weight excluding hydrogens is 234 g/mol. The van der Waals surface area contributed by atoms with Gasteiger partial charge in [0.15, 0.2) is 0 Å². The number of carbonyl (C=O) groups excluding carboxylic acids is 1. The molecule has 0 spiro atoms. The number of hydrogen-bond acceptors (Lipinski definition) is 1. The van der Waals surface area contributed by atoms with Gasteiger partial charge < -0.3 is 5.73 Å². The number of benzene rings is 2. The Hall–Kier alpha value is -1.80. The van der Waals surface area contributed by atoms with E-state index in [1.807, 2.05) is 30.3 Å². The van der Waals surface area contributed by atoms with E-state index in [2.05, 4.69) is 0 Å². The minimum absolute atomic E-state index is 0.424. The van der Waals surface area contributed by atoms with Gasteiger partial charge in [0.25, 0.3) is 0 Å². The number of carbonyl (C=O) groups is 1. The number of hydrogen-bond donors (Lipinski definition) is 1. The van der Waals surface area contributed by atoms with Gasteiger partial charge in [-0.3, -0.25) is 4.79 Å². The average Bonchev–Trinajstić information content (AvgIpc) is 2.30. The molecule has 0 aromatic heterocycles. The number of primary amides is 1. The molecule has 2 aromatic carbocycles. The van der Waals surface area contributed by atoms with Crippen LogP contribution in [0.5, 0.6) is 0 Å². The highest BCUT2D eigenvalue weighted by molar-refractivity contribution is 6.30. The molecule has 0 atom stereocenters. The lowest BCUT2D eigenvalue weighted by molar-refractivity contribution is 0.0999. The van der Waals surface area contributed by atoms with Crippen LogP contribution in [0.1, 0.15) is 21.5 Å². The van der Waals surface area contributed by atoms with E-state index in [1.165, 1.54) is 0 Å². The molecule has 2 aromatic rings. The molecule has 0 unspecified atom stereocenters. The largest absolute Gasteiger partial charge is 0.366 e. The molecule has 0 saturated carbocycles. The van der Waals surface area contributed by atoms with Crippen LogP contribution in [0, 0.1) is 0 Å². The Bertz CT molecular complexity index is 537. The van der Waals surface area contributed by atoms with Crippen molar-refractivity contribution in [2.75, 3.05) is 0 Å². The van der Waals surface area contributed by atoms with Crippen molar-refractivity contribution in [3.8, 4) is 0 Å². The van der Waals surface area contributed by atoms with Crippen molar-refractivity contribution < 1.29 is 4.79 Å². The maximum Gasteiger partial charge on any atom is 0.248 e. The smallest absolute Gasteiger partial charge is 0.248 e. The molecule has 1 amide bonds. The molecule has 0 aliphatic rings. The van der Waals surface area contributed by atoms with E-state index in [4.69, 9.17) is 17.3 Å². The zero-order valence-electron chi connectivity index (χ0n) is 9.19. The van der Waals surface area contributed by atoms with Crippen molar-refractivity contribution in [3.05, 3.63) is 70.2 Å². The minimum atomic E-state index is -0.424. The Kier molecular flexibility index (Phi) is 3.45. The third kappa shape index (κ3) is 2.86. The van der Waals surface area contributed by atoms with Gasteiger partial charge in [0, 0.05) is 10.6 Å². The second-order valence-corrected chi connectivity index (χ2v) is 4.26. The standard InChI is InChI=1S/C14H12ClNO/c15-12-6-7-13(14(16)17)11(9-12)8-10-4-2-1-3-5-10/h1-7,9H,8H2,(H2,16,17). The highest BCUT2D eigenvalue weighted by Crippen LogP contribution is 2.19. The lowest BCUT2D eigenvalue weighted by Gasteiger charge is -2.07. The maximum absolute atomic E-state index is 11.3. The fourth-order valence-electron chi connectivity index (χ4n) is 1.76. The molecule has 2 rings (SSSR count). The SMILES string of the molecule is NC(=O)c1ccc(Cl)cc1Cc1ccccc1. The monoisotopic (exact) mass is 245 g/mol. The third-order valence-electron chi connectivity index (χ3n) is 2.57. The van der Waals surface area contributed by atoms with Crippen LogP contribution in [0.25, 0.3) is 0 Å². The molecule has 86 valence electrons. The highest BCUT2D eigenvalue weighted by Gasteiger charge is 2.09. The van der Waals surface area contributed by atoms with Crippen LogP contribution >= 0.6 is 11.6 Å². The van der Waals surface area contributed by atoms with Crippen LogP contribution < -0.4 is 5.73 Å². The van der Waals surface area contributed by atoms with E-state index in [-0.39, 0.29) is 0 Å². The molecule has 0 aliphatic heterocycles. The second-order valence-electron chi connectivity index (χ2n) is 3.83. The summed E-state index contributed by atoms with van der Waals surface area (Å²) in [5, 5.41) is 0.612. The van der Waals surface area contributed by atoms with Gasteiger partial charge in [-0.2, -0.15) is 0 Å². The first-order chi connectivity index (χ1) is 8.16. The molecule has 0 bridgehead atoms. The minimum Gasteiger partial charge on any atom is -0.366 e. The molecule has 0 fully saturated rings. The second kappa shape index (κ2) is 5.02. The summed E-state index contributed by atoms with van der Waals surface area (Å²) in [6.07, 6.45) is 0.652. The summed E-state index contributed by atoms with van der Waals surface area (Å²) in [6, 6.07) is 15.0. The van der Waals surface area contributed by atoms with Crippen LogP contribution in [0.3, 0.4) is 0 Å². The van der Waals surface area contributed by atoms with Gasteiger partial charge in [-0.1, -0.05) is 41.9 Å². The van der Waals surface area contributed by atoms with Gasteiger partial charge in [0.05, 0.1) is 0 Å². The third-order valence-corrected chi connectivity index (χ3v) is 2.81. The van der Waals surface area contributed by atoms with Crippen molar-refractivity contribution in [2.24, 2.45) is 5.73 Å². The fraction of sp³-hybridized carbons (Fsp3) is 0.0714. The Morgan fingerprint density at radius 3 is 2.47 bits per heavy atom. The molecule has 17 heavy (non-hydrogen) atoms. The predicted molar refractivity (Wildman–Crippen MR) is 69.2 cm³/mol. The molecule has 0 aliphatic carbocycles. The zero-order valence-corrected chi connectivity index (χ0v) is 9.95. The lowest BCUT2D eigenvalue weighted by atomic mass is 9.99. The van der Waals surface area contributed by atoms with Crippen molar-refractivity contribution in [2.45, 2.75) is 6.42 Å². The van der Waals surface area contributed by atoms with Gasteiger partial charge in [0.2, 0.25) is 5.91 Å². The van der Waals surface area contributed by atoms with E-state index >= 15 is 0 Å². The van der Waals surface area contributed by atoms with Gasteiger partial charge in [0.1, 0.15) is 0 Å². The Balaban J connectivity index is 2.37.